The largest absolute Gasteiger partial charge is 0.465 e. The number of hydrogen-bond donors (Lipinski definition) is 2. The number of nitrogens with zero attached hydrogens (tertiary/aromatic N) is 6. The average Bonchev–Trinajstić information content (AvgIpc) is 3.61. The first kappa shape index (κ1) is 29.8. The summed E-state index contributed by atoms with van der Waals surface area (Å²) in [5, 5.41) is 26.2. The molecule has 2 atom stereocenters. The lowest BCUT2D eigenvalue weighted by molar-refractivity contribution is 0.0668. The highest BCUT2D eigenvalue weighted by molar-refractivity contribution is 5.94. The van der Waals surface area contributed by atoms with Crippen LogP contribution in [-0.2, 0) is 19.4 Å². The molecule has 4 aromatic rings. The Labute approximate surface area is 269 Å². The molecule has 10 heteroatoms. The highest BCUT2D eigenvalue weighted by Gasteiger charge is 2.45. The molecular formula is C36H39N7O3. The number of carboxylic acid groups (broad SMARTS) is 1. The molecule has 3 aliphatic heterocycles. The molecule has 0 spiro atoms. The van der Waals surface area contributed by atoms with Gasteiger partial charge in [-0.15, -0.1) is 0 Å². The third-order valence-corrected chi connectivity index (χ3v) is 9.67. The molecule has 2 saturated heterocycles. The fourth-order valence-corrected chi connectivity index (χ4v) is 7.42. The van der Waals surface area contributed by atoms with Crippen LogP contribution in [0.4, 0.5) is 16.3 Å². The summed E-state index contributed by atoms with van der Waals surface area (Å²) >= 11 is 0. The number of piperazine rings is 1. The Hall–Kier alpha value is -4.88. The van der Waals surface area contributed by atoms with Crippen molar-refractivity contribution in [3.05, 3.63) is 89.6 Å². The van der Waals surface area contributed by atoms with E-state index in [1.807, 2.05) is 30.3 Å². The minimum atomic E-state index is -1.01. The zero-order chi connectivity index (χ0) is 31.5. The quantitative estimate of drug-likeness (QED) is 0.281. The highest BCUT2D eigenvalue weighted by Crippen LogP contribution is 2.37. The number of hydrogen-bond acceptors (Lipinski definition) is 8. The molecule has 2 fully saturated rings. The second-order valence-electron chi connectivity index (χ2n) is 12.6. The fourth-order valence-electron chi connectivity index (χ4n) is 7.42. The Morgan fingerprint density at radius 2 is 1.85 bits per heavy atom. The third-order valence-electron chi connectivity index (χ3n) is 9.67. The third kappa shape index (κ3) is 5.90. The molecule has 7 rings (SSSR count). The molecule has 0 saturated carbocycles. The van der Waals surface area contributed by atoms with Gasteiger partial charge in [-0.05, 0) is 49.2 Å². The standard InChI is InChI=1S/C36H39N7O3/c37-17-16-36(22-26-8-2-1-3-9-26)25-42(20-21-43(36)35(44)45)33-30-15-19-41(32-14-6-11-27-10-4-5-13-29(27)32)23-31(30)39-34(40-33)46-24-28-12-7-18-38-28/h1-6,8-11,13-14,28,38H,7,12,15-16,18-25H2,(H,44,45). The van der Waals surface area contributed by atoms with Crippen molar-refractivity contribution >= 4 is 28.4 Å². The van der Waals surface area contributed by atoms with Crippen LogP contribution in [0.15, 0.2) is 72.8 Å². The Morgan fingerprint density at radius 3 is 2.65 bits per heavy atom. The van der Waals surface area contributed by atoms with Gasteiger partial charge in [-0.1, -0.05) is 66.7 Å². The molecule has 236 valence electrons. The van der Waals surface area contributed by atoms with Gasteiger partial charge < -0.3 is 25.0 Å². The molecule has 46 heavy (non-hydrogen) atoms. The van der Waals surface area contributed by atoms with Gasteiger partial charge in [0.05, 0.1) is 30.3 Å². The van der Waals surface area contributed by atoms with Crippen LogP contribution in [0.2, 0.25) is 0 Å². The zero-order valence-corrected chi connectivity index (χ0v) is 25.9. The summed E-state index contributed by atoms with van der Waals surface area (Å²) in [7, 11) is 0. The molecule has 0 bridgehead atoms. The van der Waals surface area contributed by atoms with E-state index in [9.17, 15) is 15.2 Å². The van der Waals surface area contributed by atoms with E-state index in [2.05, 4.69) is 63.7 Å². The smallest absolute Gasteiger partial charge is 0.407 e. The van der Waals surface area contributed by atoms with Crippen molar-refractivity contribution in [3.63, 3.8) is 0 Å². The van der Waals surface area contributed by atoms with Crippen LogP contribution >= 0.6 is 0 Å². The van der Waals surface area contributed by atoms with Gasteiger partial charge in [0, 0.05) is 48.9 Å². The molecule has 0 radical (unpaired) electrons. The lowest BCUT2D eigenvalue weighted by Crippen LogP contribution is -2.65. The second-order valence-corrected chi connectivity index (χ2v) is 12.6. The van der Waals surface area contributed by atoms with Crippen LogP contribution in [-0.4, -0.2) is 77.0 Å². The Kier molecular flexibility index (Phi) is 8.33. The molecular weight excluding hydrogens is 578 g/mol. The van der Waals surface area contributed by atoms with Gasteiger partial charge in [0.2, 0.25) is 0 Å². The number of carbonyl (C=O) groups is 1. The van der Waals surface area contributed by atoms with E-state index in [1.54, 1.807) is 0 Å². The predicted octanol–water partition coefficient (Wildman–Crippen LogP) is 5.02. The van der Waals surface area contributed by atoms with E-state index in [4.69, 9.17) is 14.7 Å². The van der Waals surface area contributed by atoms with Crippen molar-refractivity contribution < 1.29 is 14.6 Å². The van der Waals surface area contributed by atoms with E-state index in [0.29, 0.717) is 38.7 Å². The van der Waals surface area contributed by atoms with Crippen molar-refractivity contribution in [1.29, 1.82) is 5.26 Å². The molecule has 2 unspecified atom stereocenters. The summed E-state index contributed by atoms with van der Waals surface area (Å²) in [5.41, 5.74) is 3.23. The maximum Gasteiger partial charge on any atom is 0.407 e. The zero-order valence-electron chi connectivity index (χ0n) is 25.9. The van der Waals surface area contributed by atoms with Crippen LogP contribution in [0.3, 0.4) is 0 Å². The molecule has 3 aromatic carbocycles. The number of rotatable bonds is 8. The molecule has 1 aromatic heterocycles. The molecule has 3 aliphatic rings. The van der Waals surface area contributed by atoms with Crippen molar-refractivity contribution in [1.82, 2.24) is 20.2 Å². The summed E-state index contributed by atoms with van der Waals surface area (Å²) in [6.45, 7) is 3.97. The lowest BCUT2D eigenvalue weighted by atomic mass is 9.83. The Bertz CT molecular complexity index is 1750. The Morgan fingerprint density at radius 1 is 1.02 bits per heavy atom. The topological polar surface area (TPSA) is 118 Å². The number of amides is 1. The number of benzene rings is 3. The summed E-state index contributed by atoms with van der Waals surface area (Å²) in [4.78, 5) is 28.6. The molecule has 1 amide bonds. The monoisotopic (exact) mass is 617 g/mol. The number of nitriles is 1. The second kappa shape index (κ2) is 12.9. The van der Waals surface area contributed by atoms with Gasteiger partial charge in [-0.3, -0.25) is 4.90 Å². The summed E-state index contributed by atoms with van der Waals surface area (Å²) in [5.74, 6) is 0.789. The normalized spacial score (nSPS) is 21.2. The minimum absolute atomic E-state index is 0.0730. The number of nitrogens with one attached hydrogen (secondary N) is 1. The van der Waals surface area contributed by atoms with Crippen molar-refractivity contribution in [2.75, 3.05) is 49.1 Å². The fraction of sp³-hybridized carbons (Fsp3) is 0.389. The van der Waals surface area contributed by atoms with Gasteiger partial charge in [0.1, 0.15) is 12.4 Å². The summed E-state index contributed by atoms with van der Waals surface area (Å²) in [6, 6.07) is 27.6. The first-order valence-corrected chi connectivity index (χ1v) is 16.2. The van der Waals surface area contributed by atoms with Crippen molar-refractivity contribution in [2.45, 2.75) is 50.2 Å². The van der Waals surface area contributed by atoms with Crippen molar-refractivity contribution in [2.24, 2.45) is 0 Å². The highest BCUT2D eigenvalue weighted by atomic mass is 16.5. The van der Waals surface area contributed by atoms with Gasteiger partial charge in [-0.2, -0.15) is 15.2 Å². The maximum absolute atomic E-state index is 12.6. The number of anilines is 2. The van der Waals surface area contributed by atoms with Crippen molar-refractivity contribution in [3.8, 4) is 12.1 Å². The van der Waals surface area contributed by atoms with E-state index >= 15 is 0 Å². The minimum Gasteiger partial charge on any atom is -0.465 e. The molecule has 2 N–H and O–H groups in total. The maximum atomic E-state index is 12.6. The number of fused-ring (bicyclic) bond motifs is 2. The molecule has 0 aliphatic carbocycles. The van der Waals surface area contributed by atoms with Crippen LogP contribution in [0.1, 0.15) is 36.1 Å². The SMILES string of the molecule is N#CCC1(Cc2ccccc2)CN(c2nc(OCC3CCCN3)nc3c2CCN(c2cccc4ccccc24)C3)CCN1C(=O)O. The summed E-state index contributed by atoms with van der Waals surface area (Å²) < 4.78 is 6.27. The average molecular weight is 618 g/mol. The predicted molar refractivity (Wildman–Crippen MR) is 177 cm³/mol. The van der Waals surface area contributed by atoms with E-state index in [-0.39, 0.29) is 19.0 Å². The van der Waals surface area contributed by atoms with Gasteiger partial charge in [0.25, 0.3) is 0 Å². The van der Waals surface area contributed by atoms with Crippen LogP contribution in [0.5, 0.6) is 6.01 Å². The first-order chi connectivity index (χ1) is 22.5. The van der Waals surface area contributed by atoms with Gasteiger partial charge in [-0.25, -0.2) is 4.79 Å². The molecule has 4 heterocycles. The summed E-state index contributed by atoms with van der Waals surface area (Å²) in [6.07, 6.45) is 2.42. The number of ether oxygens (including phenoxy) is 1. The van der Waals surface area contributed by atoms with E-state index < -0.39 is 11.6 Å². The van der Waals surface area contributed by atoms with E-state index in [1.165, 1.54) is 21.4 Å². The van der Waals surface area contributed by atoms with Gasteiger partial charge in [0.15, 0.2) is 0 Å². The Balaban J connectivity index is 1.25. The van der Waals surface area contributed by atoms with Crippen LogP contribution < -0.4 is 19.9 Å². The van der Waals surface area contributed by atoms with Crippen LogP contribution in [0.25, 0.3) is 10.8 Å². The first-order valence-electron chi connectivity index (χ1n) is 16.2. The number of aromatic nitrogens is 2. The van der Waals surface area contributed by atoms with Crippen LogP contribution in [0, 0.1) is 11.3 Å². The lowest BCUT2D eigenvalue weighted by Gasteiger charge is -2.49. The molecule has 10 nitrogen and oxygen atoms in total. The van der Waals surface area contributed by atoms with Gasteiger partial charge >= 0.3 is 12.1 Å². The van der Waals surface area contributed by atoms with E-state index in [0.717, 1.165) is 55.0 Å².